The summed E-state index contributed by atoms with van der Waals surface area (Å²) in [5.41, 5.74) is 6.08. The average Bonchev–Trinajstić information content (AvgIpc) is 3.49. The third-order valence-electron chi connectivity index (χ3n) is 6.41. The van der Waals surface area contributed by atoms with Crippen molar-refractivity contribution in [3.05, 3.63) is 95.1 Å². The molecule has 7 nitrogen and oxygen atoms in total. The Kier molecular flexibility index (Phi) is 7.10. The fourth-order valence-electron chi connectivity index (χ4n) is 4.34. The standard InChI is InChI=1S/C29H28N4O3S/c1-18-7-11-20(12-8-18)24-16-25(21-13-9-19(2)10-14-21)33(32-24)29-31-28(35)26(37-29)17-27(34)30-22-5-4-6-23(15-22)36-3/h4-15,25-26H,16-17H2,1-3H3,(H,30,34)/t25-,26-/m0/s1. The Morgan fingerprint density at radius 3 is 2.46 bits per heavy atom. The van der Waals surface area contributed by atoms with Crippen LogP contribution in [0.1, 0.15) is 41.1 Å². The minimum absolute atomic E-state index is 0.0191. The van der Waals surface area contributed by atoms with Crippen molar-refractivity contribution < 1.29 is 14.3 Å². The highest BCUT2D eigenvalue weighted by atomic mass is 32.2. The zero-order valence-electron chi connectivity index (χ0n) is 21.0. The van der Waals surface area contributed by atoms with Crippen molar-refractivity contribution in [3.63, 3.8) is 0 Å². The second kappa shape index (κ2) is 10.6. The van der Waals surface area contributed by atoms with E-state index in [9.17, 15) is 9.59 Å². The van der Waals surface area contributed by atoms with Gasteiger partial charge >= 0.3 is 0 Å². The molecule has 0 spiro atoms. The Morgan fingerprint density at radius 2 is 1.76 bits per heavy atom. The summed E-state index contributed by atoms with van der Waals surface area (Å²) in [4.78, 5) is 29.9. The van der Waals surface area contributed by atoms with Crippen LogP contribution in [-0.4, -0.2) is 40.1 Å². The summed E-state index contributed by atoms with van der Waals surface area (Å²) in [5, 5.41) is 9.54. The van der Waals surface area contributed by atoms with Crippen LogP contribution < -0.4 is 10.1 Å². The van der Waals surface area contributed by atoms with Gasteiger partial charge in [-0.25, -0.2) is 5.01 Å². The molecule has 2 aliphatic rings. The Bertz CT molecular complexity index is 1380. The number of aliphatic imine (C=N–C) groups is 1. The summed E-state index contributed by atoms with van der Waals surface area (Å²) in [6.45, 7) is 4.11. The van der Waals surface area contributed by atoms with E-state index in [1.54, 1.807) is 31.4 Å². The topological polar surface area (TPSA) is 83.4 Å². The normalized spacial score (nSPS) is 19.0. The first-order chi connectivity index (χ1) is 17.9. The van der Waals surface area contributed by atoms with Crippen molar-refractivity contribution >= 4 is 40.1 Å². The number of methoxy groups -OCH3 is 1. The van der Waals surface area contributed by atoms with E-state index in [0.29, 0.717) is 23.0 Å². The molecular weight excluding hydrogens is 484 g/mol. The molecule has 2 heterocycles. The lowest BCUT2D eigenvalue weighted by atomic mass is 9.97. The van der Waals surface area contributed by atoms with Gasteiger partial charge in [-0.05, 0) is 37.1 Å². The summed E-state index contributed by atoms with van der Waals surface area (Å²) in [7, 11) is 1.57. The van der Waals surface area contributed by atoms with E-state index in [1.165, 1.54) is 22.9 Å². The monoisotopic (exact) mass is 512 g/mol. The van der Waals surface area contributed by atoms with Gasteiger partial charge in [-0.15, -0.1) is 0 Å². The number of rotatable bonds is 6. The van der Waals surface area contributed by atoms with Crippen LogP contribution in [-0.2, 0) is 9.59 Å². The quantitative estimate of drug-likeness (QED) is 0.472. The highest BCUT2D eigenvalue weighted by Gasteiger charge is 2.39. The number of nitrogens with one attached hydrogen (secondary N) is 1. The number of aryl methyl sites for hydroxylation is 2. The van der Waals surface area contributed by atoms with E-state index in [1.807, 2.05) is 5.01 Å². The number of benzene rings is 3. The molecule has 0 aliphatic carbocycles. The maximum atomic E-state index is 12.8. The fraction of sp³-hybridized carbons (Fsp3) is 0.241. The molecule has 37 heavy (non-hydrogen) atoms. The first-order valence-electron chi connectivity index (χ1n) is 12.1. The first kappa shape index (κ1) is 24.8. The predicted octanol–water partition coefficient (Wildman–Crippen LogP) is 5.49. The summed E-state index contributed by atoms with van der Waals surface area (Å²) < 4.78 is 5.21. The van der Waals surface area contributed by atoms with Gasteiger partial charge in [-0.2, -0.15) is 10.1 Å². The van der Waals surface area contributed by atoms with Gasteiger partial charge in [-0.3, -0.25) is 9.59 Å². The second-order valence-corrected chi connectivity index (χ2v) is 10.4. The Balaban J connectivity index is 1.34. The van der Waals surface area contributed by atoms with Gasteiger partial charge < -0.3 is 10.1 Å². The summed E-state index contributed by atoms with van der Waals surface area (Å²) in [6.07, 6.45) is 0.714. The van der Waals surface area contributed by atoms with Gasteiger partial charge in [0.25, 0.3) is 5.91 Å². The van der Waals surface area contributed by atoms with Gasteiger partial charge in [0.2, 0.25) is 5.91 Å². The SMILES string of the molecule is COc1cccc(NC(=O)C[C@@H]2SC(N3N=C(c4ccc(C)cc4)C[C@H]3c3ccc(C)cc3)=NC2=O)c1. The zero-order valence-corrected chi connectivity index (χ0v) is 21.8. The molecule has 0 saturated carbocycles. The molecule has 8 heteroatoms. The van der Waals surface area contributed by atoms with E-state index >= 15 is 0 Å². The molecule has 5 rings (SSSR count). The molecule has 0 radical (unpaired) electrons. The summed E-state index contributed by atoms with van der Waals surface area (Å²) in [5.74, 6) is 0.0755. The number of amides is 2. The van der Waals surface area contributed by atoms with Crippen LogP contribution >= 0.6 is 11.8 Å². The number of nitrogens with zero attached hydrogens (tertiary/aromatic N) is 3. The number of ether oxygens (including phenoxy) is 1. The van der Waals surface area contributed by atoms with Crippen molar-refractivity contribution in [2.45, 2.75) is 38.0 Å². The minimum atomic E-state index is -0.599. The summed E-state index contributed by atoms with van der Waals surface area (Å²) in [6, 6.07) is 23.7. The van der Waals surface area contributed by atoms with Crippen molar-refractivity contribution in [1.29, 1.82) is 0 Å². The largest absolute Gasteiger partial charge is 0.497 e. The van der Waals surface area contributed by atoms with Crippen LogP contribution in [0.5, 0.6) is 5.75 Å². The second-order valence-electron chi connectivity index (χ2n) is 9.21. The van der Waals surface area contributed by atoms with Crippen LogP contribution in [0.25, 0.3) is 0 Å². The Hall–Kier alpha value is -3.91. The van der Waals surface area contributed by atoms with Gasteiger partial charge in [0.1, 0.15) is 11.0 Å². The number of hydrogen-bond acceptors (Lipinski definition) is 6. The highest BCUT2D eigenvalue weighted by Crippen LogP contribution is 2.38. The number of carbonyl (C=O) groups is 2. The number of anilines is 1. The highest BCUT2D eigenvalue weighted by molar-refractivity contribution is 8.15. The Labute approximate surface area is 220 Å². The smallest absolute Gasteiger partial charge is 0.262 e. The van der Waals surface area contributed by atoms with Crippen molar-refractivity contribution in [2.24, 2.45) is 10.1 Å². The van der Waals surface area contributed by atoms with E-state index in [0.717, 1.165) is 16.8 Å². The molecule has 3 aromatic carbocycles. The molecule has 1 N–H and O–H groups in total. The maximum Gasteiger partial charge on any atom is 0.262 e. The molecule has 2 amide bonds. The van der Waals surface area contributed by atoms with E-state index < -0.39 is 5.25 Å². The minimum Gasteiger partial charge on any atom is -0.497 e. The Morgan fingerprint density at radius 1 is 1.05 bits per heavy atom. The third-order valence-corrected chi connectivity index (χ3v) is 7.55. The van der Waals surface area contributed by atoms with E-state index in [2.05, 4.69) is 72.7 Å². The molecule has 2 aliphatic heterocycles. The third kappa shape index (κ3) is 5.59. The van der Waals surface area contributed by atoms with Crippen molar-refractivity contribution in [1.82, 2.24) is 5.01 Å². The number of amidine groups is 1. The lowest BCUT2D eigenvalue weighted by Crippen LogP contribution is -2.25. The van der Waals surface area contributed by atoms with Crippen LogP contribution in [0.3, 0.4) is 0 Å². The predicted molar refractivity (Wildman–Crippen MR) is 148 cm³/mol. The van der Waals surface area contributed by atoms with Gasteiger partial charge in [0.15, 0.2) is 5.17 Å². The van der Waals surface area contributed by atoms with Gasteiger partial charge in [-0.1, -0.05) is 77.5 Å². The van der Waals surface area contributed by atoms with Crippen LogP contribution in [0, 0.1) is 13.8 Å². The first-order valence-corrected chi connectivity index (χ1v) is 13.0. The molecular formula is C29H28N4O3S. The molecule has 0 bridgehead atoms. The molecule has 0 fully saturated rings. The van der Waals surface area contributed by atoms with E-state index in [-0.39, 0.29) is 24.3 Å². The molecule has 0 unspecified atom stereocenters. The van der Waals surface area contributed by atoms with Crippen LogP contribution in [0.15, 0.2) is 82.9 Å². The summed E-state index contributed by atoms with van der Waals surface area (Å²) >= 11 is 1.30. The lowest BCUT2D eigenvalue weighted by molar-refractivity contribution is -0.121. The van der Waals surface area contributed by atoms with Gasteiger partial charge in [0, 0.05) is 24.6 Å². The molecule has 0 aromatic heterocycles. The number of hydrazone groups is 1. The van der Waals surface area contributed by atoms with E-state index in [4.69, 9.17) is 9.84 Å². The number of hydrogen-bond donors (Lipinski definition) is 1. The fourth-order valence-corrected chi connectivity index (χ4v) is 5.40. The average molecular weight is 513 g/mol. The van der Waals surface area contributed by atoms with Gasteiger partial charge in [0.05, 0.1) is 18.9 Å². The maximum absolute atomic E-state index is 12.8. The van der Waals surface area contributed by atoms with Crippen LogP contribution in [0.2, 0.25) is 0 Å². The number of carbonyl (C=O) groups excluding carboxylic acids is 2. The molecule has 0 saturated heterocycles. The number of thioether (sulfide) groups is 1. The molecule has 188 valence electrons. The molecule has 2 atom stereocenters. The molecule has 3 aromatic rings. The lowest BCUT2D eigenvalue weighted by Gasteiger charge is -2.23. The van der Waals surface area contributed by atoms with Crippen LogP contribution in [0.4, 0.5) is 5.69 Å². The zero-order chi connectivity index (χ0) is 25.9. The van der Waals surface area contributed by atoms with Crippen molar-refractivity contribution in [3.8, 4) is 5.75 Å². The van der Waals surface area contributed by atoms with Crippen molar-refractivity contribution in [2.75, 3.05) is 12.4 Å².